The third-order valence-corrected chi connectivity index (χ3v) is 3.90. The zero-order valence-electron chi connectivity index (χ0n) is 12.3. The average molecular weight is 225 g/mol. The average Bonchev–Trinajstić information content (AvgIpc) is 2.21. The molecule has 0 saturated carbocycles. The molecule has 1 radical (unpaired) electrons. The Bertz CT molecular complexity index is 146. The Morgan fingerprint density at radius 1 is 0.938 bits per heavy atom. The SMILES string of the molecule is [CH2]C(C)C(CC)CCCC(CC)CC(C)C. The zero-order valence-corrected chi connectivity index (χ0v) is 12.3. The van der Waals surface area contributed by atoms with Crippen LogP contribution in [0.1, 0.15) is 73.1 Å². The molecule has 0 aliphatic carbocycles. The van der Waals surface area contributed by atoms with Gasteiger partial charge in [-0.25, -0.2) is 0 Å². The molecule has 0 bridgehead atoms. The van der Waals surface area contributed by atoms with Crippen LogP contribution in [0.2, 0.25) is 0 Å². The summed E-state index contributed by atoms with van der Waals surface area (Å²) in [7, 11) is 0. The summed E-state index contributed by atoms with van der Waals surface area (Å²) in [6.45, 7) is 15.8. The third kappa shape index (κ3) is 7.30. The minimum atomic E-state index is 0.621. The van der Waals surface area contributed by atoms with Crippen LogP contribution in [0.25, 0.3) is 0 Å². The molecule has 3 unspecified atom stereocenters. The molecular weight excluding hydrogens is 192 g/mol. The lowest BCUT2D eigenvalue weighted by Crippen LogP contribution is -2.09. The summed E-state index contributed by atoms with van der Waals surface area (Å²) in [5.41, 5.74) is 0. The fourth-order valence-corrected chi connectivity index (χ4v) is 2.72. The van der Waals surface area contributed by atoms with Crippen molar-refractivity contribution in [3.8, 4) is 0 Å². The monoisotopic (exact) mass is 225 g/mol. The quantitative estimate of drug-likeness (QED) is 0.470. The summed E-state index contributed by atoms with van der Waals surface area (Å²) < 4.78 is 0. The molecule has 0 fully saturated rings. The van der Waals surface area contributed by atoms with Crippen molar-refractivity contribution >= 4 is 0 Å². The Morgan fingerprint density at radius 3 is 1.94 bits per heavy atom. The summed E-state index contributed by atoms with van der Waals surface area (Å²) in [4.78, 5) is 0. The van der Waals surface area contributed by atoms with E-state index in [1.54, 1.807) is 0 Å². The molecule has 0 heterocycles. The molecule has 0 aromatic rings. The van der Waals surface area contributed by atoms with E-state index in [9.17, 15) is 0 Å². The van der Waals surface area contributed by atoms with Gasteiger partial charge in [-0.1, -0.05) is 73.6 Å². The maximum atomic E-state index is 4.18. The molecule has 0 amide bonds. The first-order valence-corrected chi connectivity index (χ1v) is 7.34. The lowest BCUT2D eigenvalue weighted by Gasteiger charge is -2.21. The van der Waals surface area contributed by atoms with Gasteiger partial charge in [-0.2, -0.15) is 0 Å². The van der Waals surface area contributed by atoms with Crippen LogP contribution < -0.4 is 0 Å². The second-order valence-electron chi connectivity index (χ2n) is 5.98. The van der Waals surface area contributed by atoms with Gasteiger partial charge in [-0.3, -0.25) is 0 Å². The van der Waals surface area contributed by atoms with Gasteiger partial charge < -0.3 is 0 Å². The van der Waals surface area contributed by atoms with Crippen LogP contribution in [-0.4, -0.2) is 0 Å². The molecule has 0 aromatic heterocycles. The predicted octanol–water partition coefficient (Wildman–Crippen LogP) is 5.73. The van der Waals surface area contributed by atoms with Gasteiger partial charge in [-0.05, 0) is 30.1 Å². The van der Waals surface area contributed by atoms with E-state index in [0.717, 1.165) is 17.8 Å². The minimum Gasteiger partial charge on any atom is -0.0651 e. The number of hydrogen-bond acceptors (Lipinski definition) is 0. The van der Waals surface area contributed by atoms with Gasteiger partial charge in [0.25, 0.3) is 0 Å². The van der Waals surface area contributed by atoms with Gasteiger partial charge in [-0.15, -0.1) is 0 Å². The first-order chi connectivity index (χ1) is 7.51. The molecule has 0 spiro atoms. The second-order valence-corrected chi connectivity index (χ2v) is 5.98. The molecule has 0 saturated heterocycles. The maximum absolute atomic E-state index is 4.18. The predicted molar refractivity (Wildman–Crippen MR) is 75.4 cm³/mol. The minimum absolute atomic E-state index is 0.621. The molecule has 0 aromatic carbocycles. The molecule has 0 aliphatic heterocycles. The Balaban J connectivity index is 3.76. The topological polar surface area (TPSA) is 0 Å². The van der Waals surface area contributed by atoms with Crippen LogP contribution in [0, 0.1) is 30.6 Å². The molecule has 0 nitrogen and oxygen atoms in total. The van der Waals surface area contributed by atoms with Gasteiger partial charge in [0.1, 0.15) is 0 Å². The van der Waals surface area contributed by atoms with E-state index in [0.29, 0.717) is 5.92 Å². The first-order valence-electron chi connectivity index (χ1n) is 7.34. The second kappa shape index (κ2) is 9.07. The normalized spacial score (nSPS) is 15.8. The molecule has 0 heteroatoms. The first kappa shape index (κ1) is 16.0. The summed E-state index contributed by atoms with van der Waals surface area (Å²) in [6, 6.07) is 0. The lowest BCUT2D eigenvalue weighted by atomic mass is 9.85. The largest absolute Gasteiger partial charge is 0.0651 e. The molecule has 0 rings (SSSR count). The van der Waals surface area contributed by atoms with Crippen molar-refractivity contribution in [3.63, 3.8) is 0 Å². The van der Waals surface area contributed by atoms with Crippen LogP contribution >= 0.6 is 0 Å². The molecule has 0 aliphatic rings. The van der Waals surface area contributed by atoms with E-state index in [1.807, 2.05) is 0 Å². The van der Waals surface area contributed by atoms with E-state index < -0.39 is 0 Å². The van der Waals surface area contributed by atoms with Crippen molar-refractivity contribution in [2.75, 3.05) is 0 Å². The van der Waals surface area contributed by atoms with Gasteiger partial charge in [0.2, 0.25) is 0 Å². The highest BCUT2D eigenvalue weighted by Gasteiger charge is 2.13. The van der Waals surface area contributed by atoms with Crippen molar-refractivity contribution in [2.24, 2.45) is 23.7 Å². The van der Waals surface area contributed by atoms with Crippen LogP contribution in [0.5, 0.6) is 0 Å². The smallest absolute Gasteiger partial charge is 0.0391 e. The molecular formula is C16H33. The Hall–Kier alpha value is 0. The highest BCUT2D eigenvalue weighted by atomic mass is 14.2. The zero-order chi connectivity index (χ0) is 12.6. The van der Waals surface area contributed by atoms with Crippen molar-refractivity contribution in [1.29, 1.82) is 0 Å². The summed E-state index contributed by atoms with van der Waals surface area (Å²) in [6.07, 6.45) is 8.28. The summed E-state index contributed by atoms with van der Waals surface area (Å²) in [5.74, 6) is 3.28. The highest BCUT2D eigenvalue weighted by molar-refractivity contribution is 4.68. The van der Waals surface area contributed by atoms with Gasteiger partial charge in [0.05, 0.1) is 0 Å². The van der Waals surface area contributed by atoms with E-state index in [1.165, 1.54) is 38.5 Å². The third-order valence-electron chi connectivity index (χ3n) is 3.90. The van der Waals surface area contributed by atoms with Crippen molar-refractivity contribution < 1.29 is 0 Å². The van der Waals surface area contributed by atoms with E-state index in [-0.39, 0.29) is 0 Å². The summed E-state index contributed by atoms with van der Waals surface area (Å²) >= 11 is 0. The van der Waals surface area contributed by atoms with E-state index >= 15 is 0 Å². The van der Waals surface area contributed by atoms with E-state index in [4.69, 9.17) is 0 Å². The lowest BCUT2D eigenvalue weighted by molar-refractivity contribution is 0.319. The Kier molecular flexibility index (Phi) is 9.07. The van der Waals surface area contributed by atoms with Crippen LogP contribution in [0.15, 0.2) is 0 Å². The van der Waals surface area contributed by atoms with Gasteiger partial charge >= 0.3 is 0 Å². The fraction of sp³-hybridized carbons (Fsp3) is 0.938. The van der Waals surface area contributed by atoms with Gasteiger partial charge in [0, 0.05) is 0 Å². The Labute approximate surface area is 104 Å². The van der Waals surface area contributed by atoms with Crippen molar-refractivity contribution in [1.82, 2.24) is 0 Å². The van der Waals surface area contributed by atoms with Crippen LogP contribution in [0.4, 0.5) is 0 Å². The van der Waals surface area contributed by atoms with Gasteiger partial charge in [0.15, 0.2) is 0 Å². The van der Waals surface area contributed by atoms with Crippen molar-refractivity contribution in [3.05, 3.63) is 6.92 Å². The summed E-state index contributed by atoms with van der Waals surface area (Å²) in [5, 5.41) is 0. The van der Waals surface area contributed by atoms with E-state index in [2.05, 4.69) is 41.5 Å². The van der Waals surface area contributed by atoms with Crippen LogP contribution in [-0.2, 0) is 0 Å². The number of hydrogen-bond donors (Lipinski definition) is 0. The molecule has 3 atom stereocenters. The highest BCUT2D eigenvalue weighted by Crippen LogP contribution is 2.26. The fourth-order valence-electron chi connectivity index (χ4n) is 2.72. The number of rotatable bonds is 9. The van der Waals surface area contributed by atoms with Crippen LogP contribution in [0.3, 0.4) is 0 Å². The Morgan fingerprint density at radius 2 is 1.56 bits per heavy atom. The standard InChI is InChI=1S/C16H33/c1-7-15(12-13(3)4)10-9-11-16(8-2)14(5)6/h13-16H,5,7-12H2,1-4,6H3. The maximum Gasteiger partial charge on any atom is -0.0391 e. The van der Waals surface area contributed by atoms with Crippen molar-refractivity contribution in [2.45, 2.75) is 73.1 Å². The molecule has 97 valence electrons. The molecule has 16 heavy (non-hydrogen) atoms. The molecule has 0 N–H and O–H groups in total.